The first-order chi connectivity index (χ1) is 27.7. The van der Waals surface area contributed by atoms with Crippen LogP contribution in [0.4, 0.5) is 0 Å². The van der Waals surface area contributed by atoms with Crippen molar-refractivity contribution >= 4 is 81.1 Å². The van der Waals surface area contributed by atoms with Crippen molar-refractivity contribution in [3.8, 4) is 46.7 Å². The van der Waals surface area contributed by atoms with Gasteiger partial charge in [0, 0.05) is 33.5 Å². The Morgan fingerprint density at radius 1 is 0.633 bits per heavy atom. The maximum Gasteiger partial charge on any atom is 0.146 e. The monoisotopic (exact) mass is 1100 g/mol. The molecule has 0 atom stereocenters. The first-order valence-corrected chi connectivity index (χ1v) is 36.0. The van der Waals surface area contributed by atoms with Crippen molar-refractivity contribution in [2.24, 2.45) is 0 Å². The minimum Gasteiger partial charge on any atom is -0.247 e. The van der Waals surface area contributed by atoms with Gasteiger partial charge in [-0.2, -0.15) is 0 Å². The van der Waals surface area contributed by atoms with Crippen LogP contribution in [0.15, 0.2) is 51.5 Å². The third-order valence-electron chi connectivity index (χ3n) is 11.1. The molecule has 2 rings (SSSR count). The van der Waals surface area contributed by atoms with E-state index in [-0.39, 0.29) is 0 Å². The van der Waals surface area contributed by atoms with Gasteiger partial charge in [-0.25, -0.2) is 9.97 Å². The largest absolute Gasteiger partial charge is 0.247 e. The summed E-state index contributed by atoms with van der Waals surface area (Å²) in [5.41, 5.74) is 19.8. The maximum absolute atomic E-state index is 5.34. The molecule has 2 heterocycles. The van der Waals surface area contributed by atoms with Crippen LogP contribution in [-0.2, 0) is 0 Å². The molecule has 0 bridgehead atoms. The number of allylic oxidation sites excluding steroid dienone is 2. The van der Waals surface area contributed by atoms with E-state index in [1.54, 1.807) is 9.40 Å². The predicted molar refractivity (Wildman–Crippen MR) is 300 cm³/mol. The van der Waals surface area contributed by atoms with Crippen molar-refractivity contribution in [3.05, 3.63) is 74.0 Å². The minimum atomic E-state index is -1.72. The average molecular weight is 1100 g/mol. The molecule has 0 aliphatic heterocycles. The van der Waals surface area contributed by atoms with E-state index in [0.717, 1.165) is 29.8 Å². The van der Waals surface area contributed by atoms with Gasteiger partial charge in [-0.3, -0.25) is 0 Å². The van der Waals surface area contributed by atoms with Crippen molar-refractivity contribution in [2.75, 3.05) is 0 Å². The van der Waals surface area contributed by atoms with Crippen LogP contribution in [0.5, 0.6) is 0 Å². The Hall–Kier alpha value is -1.65. The molecule has 0 saturated heterocycles. The van der Waals surface area contributed by atoms with Crippen LogP contribution in [0.3, 0.4) is 0 Å². The van der Waals surface area contributed by atoms with Crippen LogP contribution < -0.4 is 0 Å². The van der Waals surface area contributed by atoms with Gasteiger partial charge in [-0.1, -0.05) is 183 Å². The van der Waals surface area contributed by atoms with E-state index < -0.39 is 32.3 Å². The predicted octanol–water partition coefficient (Wildman–Crippen LogP) is 17.1. The van der Waals surface area contributed by atoms with Gasteiger partial charge in [-0.05, 0) is 108 Å². The molecule has 0 amide bonds. The first kappa shape index (κ1) is 58.3. The topological polar surface area (TPSA) is 25.8 Å². The smallest absolute Gasteiger partial charge is 0.146 e. The number of pyridine rings is 2. The van der Waals surface area contributed by atoms with E-state index in [9.17, 15) is 0 Å². The van der Waals surface area contributed by atoms with Crippen LogP contribution in [0, 0.1) is 46.7 Å². The lowest BCUT2D eigenvalue weighted by Gasteiger charge is -2.38. The summed E-state index contributed by atoms with van der Waals surface area (Å²) in [6.07, 6.45) is 16.0. The Morgan fingerprint density at radius 3 is 1.37 bits per heavy atom. The number of hydrogen-bond donors (Lipinski definition) is 0. The van der Waals surface area contributed by atoms with Crippen LogP contribution in [0.2, 0.25) is 72.5 Å². The van der Waals surface area contributed by atoms with Crippen molar-refractivity contribution in [2.45, 2.75) is 195 Å². The fraction of sp³-hybridized carbons (Fsp3) is 0.577. The Bertz CT molecular complexity index is 1860. The minimum absolute atomic E-state index is 0.639. The quantitative estimate of drug-likeness (QED) is 0.0916. The molecule has 0 unspecified atom stereocenters. The fourth-order valence-corrected chi connectivity index (χ4v) is 21.4. The van der Waals surface area contributed by atoms with Gasteiger partial charge in [0.05, 0.1) is 8.07 Å². The molecule has 2 aromatic rings. The van der Waals surface area contributed by atoms with Gasteiger partial charge >= 0.3 is 0 Å². The molecule has 0 N–H and O–H groups in total. The number of rotatable bonds is 12. The number of unbranched alkanes of at least 4 members (excludes halogenated alkanes) is 1. The summed E-state index contributed by atoms with van der Waals surface area (Å²) >= 11 is 5.05. The van der Waals surface area contributed by atoms with E-state index >= 15 is 0 Å². The number of halogens is 2. The Kier molecular flexibility index (Phi) is 26.8. The molecule has 60 heavy (non-hydrogen) atoms. The SMILES string of the molecule is C#Cc1ccc(C#C[Si](C(C)C)(C(C)C)C(C)C)nc1.CCCC#C[Si](C)(C)C.CCCC(/C=C(\I)c1ccc(C#C[Si](C(C)C)(C(C)C)C(C)C)nc1)=C(/I)[Si](C)(C)C. The molecule has 2 aromatic heterocycles. The van der Waals surface area contributed by atoms with E-state index in [1.807, 2.05) is 18.3 Å². The lowest BCUT2D eigenvalue weighted by Crippen LogP contribution is -2.43. The fourth-order valence-electron chi connectivity index (χ4n) is 8.06. The van der Waals surface area contributed by atoms with Crippen LogP contribution >= 0.6 is 45.2 Å². The highest BCUT2D eigenvalue weighted by Crippen LogP contribution is 2.42. The summed E-state index contributed by atoms with van der Waals surface area (Å²) in [7, 11) is -5.76. The number of aromatic nitrogens is 2. The Labute approximate surface area is 403 Å². The van der Waals surface area contributed by atoms with Gasteiger partial charge < -0.3 is 0 Å². The highest BCUT2D eigenvalue weighted by Gasteiger charge is 2.42. The molecular weight excluding hydrogens is 1020 g/mol. The van der Waals surface area contributed by atoms with Crippen molar-refractivity contribution in [3.63, 3.8) is 0 Å². The van der Waals surface area contributed by atoms with Gasteiger partial charge in [0.25, 0.3) is 0 Å². The summed E-state index contributed by atoms with van der Waals surface area (Å²) in [6.45, 7) is 46.5. The van der Waals surface area contributed by atoms with Gasteiger partial charge in [0.1, 0.15) is 35.6 Å². The maximum atomic E-state index is 5.34. The molecule has 2 nitrogen and oxygen atoms in total. The standard InChI is InChI=1S/C26H41I2NSi2.C18H25NSi.C8H16Si/c1-11-12-22(26(28)30(8,9)10)17-25(27)23-13-14-24(29-18-23)15-16-31(19(2)3,20(4)5)21(6)7;1-8-17-9-10-18(19-13-17)11-12-20(14(2)3,15(4)5)16(6)7;1-5-6-7-8-9(2,3)4/h13-14,17-21H,11-12H2,1-10H3;1,9-10,13-16H,2-7H3;5-6H2,1-4H3/b25-17-,26-22+;;. The highest BCUT2D eigenvalue weighted by molar-refractivity contribution is 14.1. The van der Waals surface area contributed by atoms with Gasteiger partial charge in [0.2, 0.25) is 0 Å². The van der Waals surface area contributed by atoms with Gasteiger partial charge in [0.15, 0.2) is 0 Å². The number of hydrogen-bond acceptors (Lipinski definition) is 2. The second-order valence-corrected chi connectivity index (χ2v) is 44.1. The first-order valence-electron chi connectivity index (χ1n) is 22.4. The van der Waals surface area contributed by atoms with Crippen molar-refractivity contribution in [1.82, 2.24) is 9.97 Å². The lowest BCUT2D eigenvalue weighted by atomic mass is 10.1. The summed E-state index contributed by atoms with van der Waals surface area (Å²) < 4.78 is 2.84. The summed E-state index contributed by atoms with van der Waals surface area (Å²) in [5, 5.41) is 0. The van der Waals surface area contributed by atoms with Crippen LogP contribution in [0.1, 0.15) is 145 Å². The molecule has 0 aromatic carbocycles. The van der Waals surface area contributed by atoms with Gasteiger partial charge in [-0.15, -0.1) is 29.0 Å². The summed E-state index contributed by atoms with van der Waals surface area (Å²) in [6, 6.07) is 8.11. The number of terminal acetylenes is 1. The molecule has 0 radical (unpaired) electrons. The summed E-state index contributed by atoms with van der Waals surface area (Å²) in [4.78, 5) is 9.06. The second kappa shape index (κ2) is 27.5. The van der Waals surface area contributed by atoms with Crippen LogP contribution in [-0.4, -0.2) is 42.3 Å². The third kappa shape index (κ3) is 19.0. The molecule has 0 aliphatic rings. The van der Waals surface area contributed by atoms with Crippen LogP contribution in [0.25, 0.3) is 3.58 Å². The highest BCUT2D eigenvalue weighted by atomic mass is 127. The molecular formula is C52H82I2N2Si4. The molecule has 8 heteroatoms. The third-order valence-corrected chi connectivity index (χ3v) is 32.7. The molecule has 0 aliphatic carbocycles. The zero-order chi connectivity index (χ0) is 46.6. The van der Waals surface area contributed by atoms with E-state index in [4.69, 9.17) is 11.4 Å². The second-order valence-electron chi connectivity index (χ2n) is 19.9. The lowest BCUT2D eigenvalue weighted by molar-refractivity contribution is 0.838. The van der Waals surface area contributed by atoms with E-state index in [2.05, 4.69) is 245 Å². The van der Waals surface area contributed by atoms with E-state index in [0.29, 0.717) is 33.2 Å². The van der Waals surface area contributed by atoms with Crippen molar-refractivity contribution in [1.29, 1.82) is 0 Å². The Balaban J connectivity index is 0.00000102. The molecule has 0 saturated carbocycles. The zero-order valence-corrected chi connectivity index (χ0v) is 49.9. The van der Waals surface area contributed by atoms with E-state index in [1.165, 1.54) is 27.6 Å². The van der Waals surface area contributed by atoms with Crippen molar-refractivity contribution < 1.29 is 0 Å². The zero-order valence-electron chi connectivity index (χ0n) is 41.6. The molecule has 0 spiro atoms. The average Bonchev–Trinajstić information content (AvgIpc) is 3.14. The Morgan fingerprint density at radius 2 is 1.07 bits per heavy atom. The number of nitrogens with zero attached hydrogens (tertiary/aromatic N) is 2. The molecule has 330 valence electrons. The normalized spacial score (nSPS) is 12.6. The summed E-state index contributed by atoms with van der Waals surface area (Å²) in [5.74, 6) is 12.5. The molecule has 0 fully saturated rings.